The van der Waals surface area contributed by atoms with Crippen LogP contribution in [0.4, 0.5) is 0 Å². The molecule has 0 radical (unpaired) electrons. The van der Waals surface area contributed by atoms with E-state index in [1.165, 1.54) is 12.8 Å². The molecule has 0 unspecified atom stereocenters. The molecule has 0 atom stereocenters. The second-order valence-corrected chi connectivity index (χ2v) is 5.32. The number of rotatable bonds is 6. The molecule has 1 aliphatic carbocycles. The highest BCUT2D eigenvalue weighted by molar-refractivity contribution is 4.92. The van der Waals surface area contributed by atoms with Crippen molar-refractivity contribution in [3.8, 4) is 0 Å². The van der Waals surface area contributed by atoms with Gasteiger partial charge in [-0.05, 0) is 44.7 Å². The lowest BCUT2D eigenvalue weighted by molar-refractivity contribution is 0.0322. The van der Waals surface area contributed by atoms with Crippen LogP contribution in [0.25, 0.3) is 0 Å². The van der Waals surface area contributed by atoms with E-state index in [2.05, 4.69) is 15.5 Å². The average molecular weight is 251 g/mol. The summed E-state index contributed by atoms with van der Waals surface area (Å²) in [4.78, 5) is 4.40. The van der Waals surface area contributed by atoms with Gasteiger partial charge in [0.15, 0.2) is 5.82 Å². The Morgan fingerprint density at radius 2 is 2.06 bits per heavy atom. The van der Waals surface area contributed by atoms with Crippen molar-refractivity contribution in [1.82, 2.24) is 15.5 Å². The molecular weight excluding hydrogens is 230 g/mol. The maximum atomic E-state index is 5.82. The van der Waals surface area contributed by atoms with E-state index in [0.717, 1.165) is 56.4 Å². The number of hydrogen-bond donors (Lipinski definition) is 1. The molecule has 1 N–H and O–H groups in total. The summed E-state index contributed by atoms with van der Waals surface area (Å²) in [5, 5.41) is 7.34. The van der Waals surface area contributed by atoms with Crippen LogP contribution in [0.1, 0.15) is 37.4 Å². The molecule has 3 rings (SSSR count). The maximum Gasteiger partial charge on any atom is 0.228 e. The molecule has 2 fully saturated rings. The number of nitrogens with zero attached hydrogens (tertiary/aromatic N) is 2. The first-order valence-electron chi connectivity index (χ1n) is 7.04. The topological polar surface area (TPSA) is 60.2 Å². The molecule has 1 saturated carbocycles. The predicted molar refractivity (Wildman–Crippen MR) is 66.3 cm³/mol. The Balaban J connectivity index is 1.37. The fourth-order valence-electron chi connectivity index (χ4n) is 2.33. The SMILES string of the molecule is C1CC(OCCc2nc(CC3CC3)no2)CCN1. The minimum Gasteiger partial charge on any atom is -0.378 e. The van der Waals surface area contributed by atoms with Gasteiger partial charge in [-0.15, -0.1) is 0 Å². The molecule has 0 bridgehead atoms. The van der Waals surface area contributed by atoms with Crippen molar-refractivity contribution in [1.29, 1.82) is 0 Å². The summed E-state index contributed by atoms with van der Waals surface area (Å²) in [6.45, 7) is 2.82. The average Bonchev–Trinajstić information content (AvgIpc) is 3.10. The first-order valence-corrected chi connectivity index (χ1v) is 7.04. The van der Waals surface area contributed by atoms with Gasteiger partial charge in [-0.25, -0.2) is 0 Å². The van der Waals surface area contributed by atoms with E-state index in [4.69, 9.17) is 9.26 Å². The number of aromatic nitrogens is 2. The second-order valence-electron chi connectivity index (χ2n) is 5.32. The molecule has 1 saturated heterocycles. The van der Waals surface area contributed by atoms with Crippen molar-refractivity contribution in [2.24, 2.45) is 5.92 Å². The minimum absolute atomic E-state index is 0.403. The summed E-state index contributed by atoms with van der Waals surface area (Å²) < 4.78 is 11.1. The molecule has 0 amide bonds. The van der Waals surface area contributed by atoms with E-state index in [0.29, 0.717) is 12.7 Å². The highest BCUT2D eigenvalue weighted by Crippen LogP contribution is 2.31. The molecule has 2 heterocycles. The third kappa shape index (κ3) is 3.53. The number of nitrogens with one attached hydrogen (secondary N) is 1. The molecule has 5 heteroatoms. The monoisotopic (exact) mass is 251 g/mol. The van der Waals surface area contributed by atoms with Gasteiger partial charge in [0.05, 0.1) is 19.1 Å². The van der Waals surface area contributed by atoms with Gasteiger partial charge in [0, 0.05) is 6.42 Å². The molecule has 0 aromatic carbocycles. The Labute approximate surface area is 107 Å². The van der Waals surface area contributed by atoms with Crippen LogP contribution in [0, 0.1) is 5.92 Å². The van der Waals surface area contributed by atoms with E-state index in [9.17, 15) is 0 Å². The Morgan fingerprint density at radius 1 is 1.22 bits per heavy atom. The van der Waals surface area contributed by atoms with Crippen LogP contribution in [0.5, 0.6) is 0 Å². The fraction of sp³-hybridized carbons (Fsp3) is 0.846. The van der Waals surface area contributed by atoms with Crippen molar-refractivity contribution in [2.75, 3.05) is 19.7 Å². The van der Waals surface area contributed by atoms with Gasteiger partial charge < -0.3 is 14.6 Å². The van der Waals surface area contributed by atoms with Gasteiger partial charge in [-0.3, -0.25) is 0 Å². The fourth-order valence-corrected chi connectivity index (χ4v) is 2.33. The van der Waals surface area contributed by atoms with Gasteiger partial charge in [0.2, 0.25) is 5.89 Å². The van der Waals surface area contributed by atoms with E-state index in [1.54, 1.807) is 0 Å². The quantitative estimate of drug-likeness (QED) is 0.826. The largest absolute Gasteiger partial charge is 0.378 e. The Kier molecular flexibility index (Phi) is 3.90. The summed E-state index contributed by atoms with van der Waals surface area (Å²) in [6, 6.07) is 0. The maximum absolute atomic E-state index is 5.82. The van der Waals surface area contributed by atoms with Gasteiger partial charge >= 0.3 is 0 Å². The minimum atomic E-state index is 0.403. The summed E-state index contributed by atoms with van der Waals surface area (Å²) in [5.41, 5.74) is 0. The molecule has 1 aliphatic heterocycles. The third-order valence-corrected chi connectivity index (χ3v) is 3.63. The van der Waals surface area contributed by atoms with E-state index < -0.39 is 0 Å². The number of hydrogen-bond acceptors (Lipinski definition) is 5. The molecule has 1 aromatic heterocycles. The molecule has 1 aromatic rings. The second kappa shape index (κ2) is 5.80. The summed E-state index contributed by atoms with van der Waals surface area (Å²) >= 11 is 0. The Bertz CT molecular complexity index is 370. The summed E-state index contributed by atoms with van der Waals surface area (Å²) in [5.74, 6) is 2.40. The Morgan fingerprint density at radius 3 is 2.83 bits per heavy atom. The third-order valence-electron chi connectivity index (χ3n) is 3.63. The van der Waals surface area contributed by atoms with Crippen LogP contribution in [0.15, 0.2) is 4.52 Å². The lowest BCUT2D eigenvalue weighted by Gasteiger charge is -2.22. The first kappa shape index (κ1) is 12.1. The van der Waals surface area contributed by atoms with Crippen molar-refractivity contribution in [3.05, 3.63) is 11.7 Å². The van der Waals surface area contributed by atoms with Crippen LogP contribution in [0.3, 0.4) is 0 Å². The zero-order chi connectivity index (χ0) is 12.2. The van der Waals surface area contributed by atoms with E-state index in [-0.39, 0.29) is 0 Å². The van der Waals surface area contributed by atoms with Gasteiger partial charge in [0.1, 0.15) is 0 Å². The number of ether oxygens (including phenoxy) is 1. The van der Waals surface area contributed by atoms with E-state index >= 15 is 0 Å². The lowest BCUT2D eigenvalue weighted by atomic mass is 10.1. The molecule has 0 spiro atoms. The molecule has 5 nitrogen and oxygen atoms in total. The van der Waals surface area contributed by atoms with Crippen LogP contribution >= 0.6 is 0 Å². The van der Waals surface area contributed by atoms with Crippen molar-refractivity contribution >= 4 is 0 Å². The van der Waals surface area contributed by atoms with Gasteiger partial charge in [-0.2, -0.15) is 4.98 Å². The van der Waals surface area contributed by atoms with Gasteiger partial charge in [-0.1, -0.05) is 5.16 Å². The molecule has 18 heavy (non-hydrogen) atoms. The normalized spacial score (nSPS) is 21.3. The van der Waals surface area contributed by atoms with Gasteiger partial charge in [0.25, 0.3) is 0 Å². The standard InChI is InChI=1S/C13H21N3O2/c1-2-10(1)9-12-15-13(18-16-12)5-8-17-11-3-6-14-7-4-11/h10-11,14H,1-9H2. The molecule has 2 aliphatic rings. The zero-order valence-corrected chi connectivity index (χ0v) is 10.7. The van der Waals surface area contributed by atoms with Crippen molar-refractivity contribution in [3.63, 3.8) is 0 Å². The predicted octanol–water partition coefficient (Wildman–Crippen LogP) is 1.33. The van der Waals surface area contributed by atoms with Crippen molar-refractivity contribution < 1.29 is 9.26 Å². The van der Waals surface area contributed by atoms with E-state index in [1.807, 2.05) is 0 Å². The molecule has 100 valence electrons. The van der Waals surface area contributed by atoms with Crippen LogP contribution < -0.4 is 5.32 Å². The number of piperidine rings is 1. The molecular formula is C13H21N3O2. The lowest BCUT2D eigenvalue weighted by Crippen LogP contribution is -2.32. The summed E-state index contributed by atoms with van der Waals surface area (Å²) in [6.07, 6.45) is 6.99. The highest BCUT2D eigenvalue weighted by Gasteiger charge is 2.24. The van der Waals surface area contributed by atoms with Crippen molar-refractivity contribution in [2.45, 2.75) is 44.6 Å². The van der Waals surface area contributed by atoms with Crippen LogP contribution in [-0.4, -0.2) is 35.9 Å². The highest BCUT2D eigenvalue weighted by atomic mass is 16.5. The Hall–Kier alpha value is -0.940. The first-order chi connectivity index (χ1) is 8.90. The summed E-state index contributed by atoms with van der Waals surface area (Å²) in [7, 11) is 0. The zero-order valence-electron chi connectivity index (χ0n) is 10.7. The van der Waals surface area contributed by atoms with Crippen LogP contribution in [-0.2, 0) is 17.6 Å². The van der Waals surface area contributed by atoms with Crippen LogP contribution in [0.2, 0.25) is 0 Å². The smallest absolute Gasteiger partial charge is 0.228 e.